The van der Waals surface area contributed by atoms with Gasteiger partial charge in [0.2, 0.25) is 10.0 Å². The first-order chi connectivity index (χ1) is 8.59. The third kappa shape index (κ3) is 5.66. The number of nitrogens with one attached hydrogen (secondary N) is 2. The van der Waals surface area contributed by atoms with Gasteiger partial charge in [-0.15, -0.1) is 0 Å². The van der Waals surface area contributed by atoms with Gasteiger partial charge >= 0.3 is 5.97 Å². The van der Waals surface area contributed by atoms with Crippen molar-refractivity contribution in [1.29, 1.82) is 0 Å². The molecule has 8 heteroatoms. The molecular formula is C11H17N3O4S. The number of anilines is 1. The molecule has 0 radical (unpaired) electrons. The number of nitrogens with zero attached hydrogens (tertiary/aromatic N) is 1. The van der Waals surface area contributed by atoms with E-state index in [-0.39, 0.29) is 5.56 Å². The van der Waals surface area contributed by atoms with Gasteiger partial charge in [-0.2, -0.15) is 0 Å². The summed E-state index contributed by atoms with van der Waals surface area (Å²) < 4.78 is 24.8. The van der Waals surface area contributed by atoms with Gasteiger partial charge in [-0.05, 0) is 26.0 Å². The Morgan fingerprint density at radius 3 is 2.47 bits per heavy atom. The first-order valence-corrected chi connectivity index (χ1v) is 7.40. The van der Waals surface area contributed by atoms with Gasteiger partial charge in [-0.1, -0.05) is 0 Å². The highest BCUT2D eigenvalue weighted by Gasteiger charge is 2.21. The smallest absolute Gasteiger partial charge is 0.337 e. The summed E-state index contributed by atoms with van der Waals surface area (Å²) in [5.41, 5.74) is -0.583. The molecule has 0 bridgehead atoms. The maximum absolute atomic E-state index is 11.2. The van der Waals surface area contributed by atoms with Crippen molar-refractivity contribution in [1.82, 2.24) is 9.71 Å². The molecule has 3 N–H and O–H groups in total. The maximum Gasteiger partial charge on any atom is 0.337 e. The molecule has 1 aromatic heterocycles. The van der Waals surface area contributed by atoms with Gasteiger partial charge in [0.15, 0.2) is 0 Å². The second kappa shape index (κ2) is 5.54. The fourth-order valence-corrected chi connectivity index (χ4v) is 2.55. The SMILES string of the molecule is CC(C)(CNc1ccc(C(=O)O)cn1)NS(C)(=O)=O. The van der Waals surface area contributed by atoms with E-state index in [1.807, 2.05) is 0 Å². The number of aromatic carboxylic acids is 1. The highest BCUT2D eigenvalue weighted by atomic mass is 32.2. The first-order valence-electron chi connectivity index (χ1n) is 5.51. The van der Waals surface area contributed by atoms with Crippen LogP contribution in [0.25, 0.3) is 0 Å². The summed E-state index contributed by atoms with van der Waals surface area (Å²) in [5.74, 6) is -0.563. The van der Waals surface area contributed by atoms with E-state index in [9.17, 15) is 13.2 Å². The predicted molar refractivity (Wildman–Crippen MR) is 71.7 cm³/mol. The Hall–Kier alpha value is -1.67. The van der Waals surface area contributed by atoms with Crippen LogP contribution in [0.2, 0.25) is 0 Å². The van der Waals surface area contributed by atoms with Gasteiger partial charge in [0.1, 0.15) is 5.82 Å². The van der Waals surface area contributed by atoms with Gasteiger partial charge in [0.05, 0.1) is 11.8 Å². The van der Waals surface area contributed by atoms with Crippen molar-refractivity contribution in [2.24, 2.45) is 0 Å². The standard InChI is InChI=1S/C11H17N3O4S/c1-11(2,14-19(3,17)18)7-13-9-5-4-8(6-12-9)10(15)16/h4-6,14H,7H2,1-3H3,(H,12,13)(H,15,16). The van der Waals surface area contributed by atoms with Crippen LogP contribution in [-0.2, 0) is 10.0 Å². The molecule has 0 aliphatic heterocycles. The number of hydrogen-bond donors (Lipinski definition) is 3. The molecule has 0 aromatic carbocycles. The van der Waals surface area contributed by atoms with Crippen LogP contribution in [0.3, 0.4) is 0 Å². The van der Waals surface area contributed by atoms with Crippen molar-refractivity contribution in [3.63, 3.8) is 0 Å². The summed E-state index contributed by atoms with van der Waals surface area (Å²) >= 11 is 0. The van der Waals surface area contributed by atoms with Crippen LogP contribution in [-0.4, -0.2) is 42.8 Å². The van der Waals surface area contributed by atoms with Gasteiger partial charge in [0.25, 0.3) is 0 Å². The zero-order chi connectivity index (χ0) is 14.7. The molecule has 1 aromatic rings. The zero-order valence-electron chi connectivity index (χ0n) is 11.0. The van der Waals surface area contributed by atoms with Crippen LogP contribution in [0.5, 0.6) is 0 Å². The number of carbonyl (C=O) groups is 1. The number of pyridine rings is 1. The average Bonchev–Trinajstić information content (AvgIpc) is 2.24. The third-order valence-electron chi connectivity index (χ3n) is 2.18. The lowest BCUT2D eigenvalue weighted by Crippen LogP contribution is -2.47. The van der Waals surface area contributed by atoms with Gasteiger partial charge in [0, 0.05) is 18.3 Å². The highest BCUT2D eigenvalue weighted by molar-refractivity contribution is 7.88. The monoisotopic (exact) mass is 287 g/mol. The Morgan fingerprint density at radius 2 is 2.05 bits per heavy atom. The number of carboxylic acids is 1. The lowest BCUT2D eigenvalue weighted by atomic mass is 10.1. The van der Waals surface area contributed by atoms with Crippen molar-refractivity contribution in [3.05, 3.63) is 23.9 Å². The topological polar surface area (TPSA) is 108 Å². The molecule has 0 aliphatic rings. The molecule has 0 saturated heterocycles. The number of aromatic nitrogens is 1. The van der Waals surface area contributed by atoms with Crippen molar-refractivity contribution < 1.29 is 18.3 Å². The fraction of sp³-hybridized carbons (Fsp3) is 0.455. The average molecular weight is 287 g/mol. The maximum atomic E-state index is 11.2. The summed E-state index contributed by atoms with van der Waals surface area (Å²) in [5, 5.41) is 11.7. The van der Waals surface area contributed by atoms with Crippen molar-refractivity contribution in [2.45, 2.75) is 19.4 Å². The Kier molecular flexibility index (Phi) is 4.48. The van der Waals surface area contributed by atoms with E-state index in [0.717, 1.165) is 6.26 Å². The Bertz CT molecular complexity index is 552. The van der Waals surface area contributed by atoms with E-state index in [2.05, 4.69) is 15.0 Å². The predicted octanol–water partition coefficient (Wildman–Crippen LogP) is 0.519. The van der Waals surface area contributed by atoms with Crippen LogP contribution in [0.1, 0.15) is 24.2 Å². The Morgan fingerprint density at radius 1 is 1.42 bits per heavy atom. The minimum atomic E-state index is -3.29. The highest BCUT2D eigenvalue weighted by Crippen LogP contribution is 2.09. The second-order valence-corrected chi connectivity index (χ2v) is 6.60. The lowest BCUT2D eigenvalue weighted by molar-refractivity contribution is 0.0696. The summed E-state index contributed by atoms with van der Waals surface area (Å²) in [6.45, 7) is 3.78. The summed E-state index contributed by atoms with van der Waals surface area (Å²) in [4.78, 5) is 14.6. The van der Waals surface area contributed by atoms with Crippen LogP contribution in [0, 0.1) is 0 Å². The van der Waals surface area contributed by atoms with Crippen molar-refractivity contribution in [2.75, 3.05) is 18.1 Å². The Labute approximate surface area is 112 Å². The first kappa shape index (κ1) is 15.4. The van der Waals surface area contributed by atoms with E-state index in [0.29, 0.717) is 12.4 Å². The van der Waals surface area contributed by atoms with E-state index in [4.69, 9.17) is 5.11 Å². The largest absolute Gasteiger partial charge is 0.478 e. The molecule has 106 valence electrons. The summed E-state index contributed by atoms with van der Waals surface area (Å²) in [6, 6.07) is 2.95. The number of sulfonamides is 1. The molecule has 0 unspecified atom stereocenters. The van der Waals surface area contributed by atoms with Gasteiger partial charge in [-0.3, -0.25) is 0 Å². The van der Waals surface area contributed by atoms with E-state index in [1.165, 1.54) is 18.3 Å². The fourth-order valence-electron chi connectivity index (χ4n) is 1.47. The quantitative estimate of drug-likeness (QED) is 0.704. The van der Waals surface area contributed by atoms with Gasteiger partial charge in [-0.25, -0.2) is 22.9 Å². The van der Waals surface area contributed by atoms with Crippen molar-refractivity contribution in [3.8, 4) is 0 Å². The Balaban J connectivity index is 2.64. The minimum absolute atomic E-state index is 0.0964. The summed E-state index contributed by atoms with van der Waals surface area (Å²) in [7, 11) is -3.29. The molecule has 0 aliphatic carbocycles. The van der Waals surface area contributed by atoms with Crippen LogP contribution in [0.15, 0.2) is 18.3 Å². The number of hydrogen-bond acceptors (Lipinski definition) is 5. The molecule has 0 spiro atoms. The number of rotatable bonds is 6. The summed E-state index contributed by atoms with van der Waals surface area (Å²) in [6.07, 6.45) is 2.33. The zero-order valence-corrected chi connectivity index (χ0v) is 11.8. The van der Waals surface area contributed by atoms with Crippen LogP contribution >= 0.6 is 0 Å². The van der Waals surface area contributed by atoms with Crippen LogP contribution in [0.4, 0.5) is 5.82 Å². The molecule has 1 rings (SSSR count). The number of carboxylic acid groups (broad SMARTS) is 1. The van der Waals surface area contributed by atoms with E-state index in [1.54, 1.807) is 13.8 Å². The van der Waals surface area contributed by atoms with E-state index >= 15 is 0 Å². The minimum Gasteiger partial charge on any atom is -0.478 e. The van der Waals surface area contributed by atoms with Crippen LogP contribution < -0.4 is 10.0 Å². The van der Waals surface area contributed by atoms with Gasteiger partial charge < -0.3 is 10.4 Å². The van der Waals surface area contributed by atoms with Crippen molar-refractivity contribution >= 4 is 21.8 Å². The molecule has 0 amide bonds. The molecule has 0 saturated carbocycles. The molecular weight excluding hydrogens is 270 g/mol. The molecule has 19 heavy (non-hydrogen) atoms. The third-order valence-corrected chi connectivity index (χ3v) is 3.11. The lowest BCUT2D eigenvalue weighted by Gasteiger charge is -2.25. The molecule has 1 heterocycles. The van der Waals surface area contributed by atoms with E-state index < -0.39 is 21.5 Å². The molecule has 0 fully saturated rings. The second-order valence-electron chi connectivity index (χ2n) is 4.85. The molecule has 0 atom stereocenters. The normalized spacial score (nSPS) is 12.2. The molecule has 7 nitrogen and oxygen atoms in total.